The van der Waals surface area contributed by atoms with Crippen molar-refractivity contribution in [3.05, 3.63) is 35.9 Å². The Labute approximate surface area is 129 Å². The molecule has 2 aliphatic rings. The molecule has 1 aliphatic carbocycles. The lowest BCUT2D eigenvalue weighted by Gasteiger charge is -2.43. The lowest BCUT2D eigenvalue weighted by Crippen LogP contribution is -2.51. The van der Waals surface area contributed by atoms with Crippen molar-refractivity contribution in [3.8, 4) is 0 Å². The highest BCUT2D eigenvalue weighted by atomic mass is 16.3. The molecule has 5 atom stereocenters. The molecular formula is C19H29NO. The van der Waals surface area contributed by atoms with Gasteiger partial charge in [-0.3, -0.25) is 4.90 Å². The second-order valence-electron chi connectivity index (χ2n) is 6.99. The molecule has 0 radical (unpaired) electrons. The molecule has 0 spiro atoms. The van der Waals surface area contributed by atoms with E-state index in [4.69, 9.17) is 0 Å². The zero-order valence-electron chi connectivity index (χ0n) is 13.4. The van der Waals surface area contributed by atoms with Gasteiger partial charge in [-0.25, -0.2) is 0 Å². The van der Waals surface area contributed by atoms with Crippen LogP contribution in [0.15, 0.2) is 30.3 Å². The number of rotatable bonds is 3. The molecule has 5 unspecified atom stereocenters. The molecule has 1 aromatic carbocycles. The lowest BCUT2D eigenvalue weighted by atomic mass is 9.79. The molecule has 1 saturated heterocycles. The van der Waals surface area contributed by atoms with Crippen LogP contribution in [0.4, 0.5) is 0 Å². The van der Waals surface area contributed by atoms with Crippen molar-refractivity contribution >= 4 is 0 Å². The predicted molar refractivity (Wildman–Crippen MR) is 87.4 cm³/mol. The van der Waals surface area contributed by atoms with E-state index in [2.05, 4.69) is 49.1 Å². The van der Waals surface area contributed by atoms with Crippen molar-refractivity contribution in [2.45, 2.75) is 82.5 Å². The largest absolute Gasteiger partial charge is 0.391 e. The summed E-state index contributed by atoms with van der Waals surface area (Å²) in [5, 5.41) is 10.6. The molecule has 1 N–H and O–H groups in total. The Morgan fingerprint density at radius 3 is 2.57 bits per heavy atom. The molecule has 1 aliphatic heterocycles. The van der Waals surface area contributed by atoms with E-state index in [1.165, 1.54) is 24.8 Å². The minimum Gasteiger partial charge on any atom is -0.391 e. The zero-order chi connectivity index (χ0) is 14.8. The summed E-state index contributed by atoms with van der Waals surface area (Å²) in [5.41, 5.74) is 1.45. The second kappa shape index (κ2) is 6.50. The van der Waals surface area contributed by atoms with Crippen molar-refractivity contribution in [2.24, 2.45) is 0 Å². The van der Waals surface area contributed by atoms with E-state index in [1.54, 1.807) is 0 Å². The van der Waals surface area contributed by atoms with E-state index in [9.17, 15) is 5.11 Å². The van der Waals surface area contributed by atoms with Gasteiger partial charge in [0.25, 0.3) is 0 Å². The molecular weight excluding hydrogens is 258 g/mol. The Morgan fingerprint density at radius 2 is 1.86 bits per heavy atom. The normalized spacial score (nSPS) is 37.8. The van der Waals surface area contributed by atoms with Crippen molar-refractivity contribution < 1.29 is 5.11 Å². The third-order valence-corrected chi connectivity index (χ3v) is 5.75. The van der Waals surface area contributed by atoms with Crippen LogP contribution in [0.3, 0.4) is 0 Å². The summed E-state index contributed by atoms with van der Waals surface area (Å²) in [6, 6.07) is 12.5. The Morgan fingerprint density at radius 1 is 1.10 bits per heavy atom. The summed E-state index contributed by atoms with van der Waals surface area (Å²) < 4.78 is 0. The number of hydrogen-bond acceptors (Lipinski definition) is 2. The zero-order valence-corrected chi connectivity index (χ0v) is 13.4. The van der Waals surface area contributed by atoms with E-state index < -0.39 is 0 Å². The van der Waals surface area contributed by atoms with Crippen LogP contribution in [0.1, 0.15) is 63.9 Å². The van der Waals surface area contributed by atoms with E-state index in [0.29, 0.717) is 24.0 Å². The van der Waals surface area contributed by atoms with Crippen molar-refractivity contribution in [1.82, 2.24) is 4.90 Å². The van der Waals surface area contributed by atoms with Gasteiger partial charge in [0.2, 0.25) is 0 Å². The molecule has 0 bridgehead atoms. The van der Waals surface area contributed by atoms with Crippen molar-refractivity contribution in [3.63, 3.8) is 0 Å². The van der Waals surface area contributed by atoms with Gasteiger partial charge in [0.05, 0.1) is 6.10 Å². The predicted octanol–water partition coefficient (Wildman–Crippen LogP) is 3.95. The first-order valence-electron chi connectivity index (χ1n) is 8.71. The maximum absolute atomic E-state index is 10.6. The number of hydrogen-bond donors (Lipinski definition) is 1. The highest BCUT2D eigenvalue weighted by molar-refractivity contribution is 5.21. The smallest absolute Gasteiger partial charge is 0.0696 e. The number of aliphatic hydroxyl groups excluding tert-OH is 1. The molecule has 1 saturated carbocycles. The van der Waals surface area contributed by atoms with E-state index in [1.807, 2.05) is 0 Å². The Hall–Kier alpha value is -0.860. The van der Waals surface area contributed by atoms with Crippen LogP contribution < -0.4 is 0 Å². The van der Waals surface area contributed by atoms with Gasteiger partial charge in [-0.1, -0.05) is 37.3 Å². The van der Waals surface area contributed by atoms with E-state index in [0.717, 1.165) is 19.3 Å². The van der Waals surface area contributed by atoms with Crippen LogP contribution in [0.5, 0.6) is 0 Å². The molecule has 2 fully saturated rings. The van der Waals surface area contributed by atoms with Crippen LogP contribution >= 0.6 is 0 Å². The summed E-state index contributed by atoms with van der Waals surface area (Å²) >= 11 is 0. The standard InChI is InChI=1S/C19H29NO/c1-3-17-11-9-14(2)20(17)18-13-16(10-12-19(18)21)15-7-5-4-6-8-15/h4-8,14,16-19,21H,3,9-13H2,1-2H3. The fourth-order valence-electron chi connectivity index (χ4n) is 4.58. The summed E-state index contributed by atoms with van der Waals surface area (Å²) in [6.45, 7) is 4.63. The van der Waals surface area contributed by atoms with Crippen molar-refractivity contribution in [1.29, 1.82) is 0 Å². The van der Waals surface area contributed by atoms with Gasteiger partial charge in [-0.05, 0) is 56.9 Å². The van der Waals surface area contributed by atoms with Crippen LogP contribution in [0.2, 0.25) is 0 Å². The molecule has 2 heteroatoms. The summed E-state index contributed by atoms with van der Waals surface area (Å²) in [5.74, 6) is 0.616. The molecule has 2 nitrogen and oxygen atoms in total. The van der Waals surface area contributed by atoms with Gasteiger partial charge in [0.15, 0.2) is 0 Å². The lowest BCUT2D eigenvalue weighted by molar-refractivity contribution is -0.00857. The first-order chi connectivity index (χ1) is 10.2. The van der Waals surface area contributed by atoms with E-state index >= 15 is 0 Å². The van der Waals surface area contributed by atoms with Crippen LogP contribution in [0.25, 0.3) is 0 Å². The summed E-state index contributed by atoms with van der Waals surface area (Å²) in [6.07, 6.45) is 6.86. The number of nitrogens with zero attached hydrogens (tertiary/aromatic N) is 1. The maximum Gasteiger partial charge on any atom is 0.0696 e. The SMILES string of the molecule is CCC1CCC(C)N1C1CC(c2ccccc2)CCC1O. The van der Waals surface area contributed by atoms with Gasteiger partial charge < -0.3 is 5.11 Å². The third kappa shape index (κ3) is 3.02. The first kappa shape index (κ1) is 15.1. The van der Waals surface area contributed by atoms with Crippen molar-refractivity contribution in [2.75, 3.05) is 0 Å². The van der Waals surface area contributed by atoms with Crippen LogP contribution in [-0.4, -0.2) is 34.2 Å². The fourth-order valence-corrected chi connectivity index (χ4v) is 4.58. The molecule has 116 valence electrons. The van der Waals surface area contributed by atoms with Gasteiger partial charge in [0.1, 0.15) is 0 Å². The van der Waals surface area contributed by atoms with Gasteiger partial charge in [0, 0.05) is 18.1 Å². The fraction of sp³-hybridized carbons (Fsp3) is 0.684. The molecule has 3 rings (SSSR count). The van der Waals surface area contributed by atoms with Gasteiger partial charge >= 0.3 is 0 Å². The molecule has 1 aromatic rings. The number of benzene rings is 1. The average molecular weight is 287 g/mol. The second-order valence-corrected chi connectivity index (χ2v) is 6.99. The number of likely N-dealkylation sites (tertiary alicyclic amines) is 1. The Kier molecular flexibility index (Phi) is 4.66. The molecule has 0 amide bonds. The molecule has 1 heterocycles. The van der Waals surface area contributed by atoms with Crippen LogP contribution in [-0.2, 0) is 0 Å². The Balaban J connectivity index is 1.77. The third-order valence-electron chi connectivity index (χ3n) is 5.75. The number of aliphatic hydroxyl groups is 1. The van der Waals surface area contributed by atoms with Gasteiger partial charge in [-0.2, -0.15) is 0 Å². The Bertz CT molecular complexity index is 446. The highest BCUT2D eigenvalue weighted by Gasteiger charge is 2.41. The average Bonchev–Trinajstić information content (AvgIpc) is 2.89. The first-order valence-corrected chi connectivity index (χ1v) is 8.71. The van der Waals surface area contributed by atoms with E-state index in [-0.39, 0.29) is 6.10 Å². The van der Waals surface area contributed by atoms with Crippen LogP contribution in [0, 0.1) is 0 Å². The van der Waals surface area contributed by atoms with Gasteiger partial charge in [-0.15, -0.1) is 0 Å². The minimum atomic E-state index is -0.139. The maximum atomic E-state index is 10.6. The minimum absolute atomic E-state index is 0.139. The quantitative estimate of drug-likeness (QED) is 0.910. The monoisotopic (exact) mass is 287 g/mol. The molecule has 0 aromatic heterocycles. The summed E-state index contributed by atoms with van der Waals surface area (Å²) in [7, 11) is 0. The summed E-state index contributed by atoms with van der Waals surface area (Å²) in [4.78, 5) is 2.65. The molecule has 21 heavy (non-hydrogen) atoms. The highest BCUT2D eigenvalue weighted by Crippen LogP contribution is 2.39. The topological polar surface area (TPSA) is 23.5 Å².